The van der Waals surface area contributed by atoms with Crippen LogP contribution in [0.15, 0.2) is 218 Å². The second-order valence-electron chi connectivity index (χ2n) is 36.5. The Balaban J connectivity index is 0.000000115. The van der Waals surface area contributed by atoms with Gasteiger partial charge in [0.1, 0.15) is 46.6 Å². The summed E-state index contributed by atoms with van der Waals surface area (Å²) < 4.78 is 84.4. The number of carbonyl (C=O) groups excluding carboxylic acids is 1. The second-order valence-corrected chi connectivity index (χ2v) is 38.5. The number of benzene rings is 9. The normalized spacial score (nSPS) is 20.3. The fourth-order valence-corrected chi connectivity index (χ4v) is 21.5. The summed E-state index contributed by atoms with van der Waals surface area (Å²) in [4.78, 5) is 63.3. The maximum Gasteiger partial charge on any atom is 0.338 e. The minimum atomic E-state index is -3.25. The summed E-state index contributed by atoms with van der Waals surface area (Å²) in [5.41, 5.74) is 22.9. The molecule has 4 atom stereocenters. The Bertz CT molecular complexity index is 6960. The number of fused-ring (bicyclic) bond motifs is 9. The summed E-state index contributed by atoms with van der Waals surface area (Å²) in [6.45, 7) is 12.7. The van der Waals surface area contributed by atoms with Crippen molar-refractivity contribution < 1.29 is 35.5 Å². The molecule has 17 aromatic rings. The summed E-state index contributed by atoms with van der Waals surface area (Å²) >= 11 is 0. The highest BCUT2D eigenvalue weighted by atomic mass is 32.2. The number of anilines is 1. The molecule has 0 spiro atoms. The lowest BCUT2D eigenvalue weighted by Gasteiger charge is -2.32. The van der Waals surface area contributed by atoms with Crippen molar-refractivity contribution in [2.75, 3.05) is 12.0 Å². The van der Waals surface area contributed by atoms with E-state index in [-0.39, 0.29) is 47.2 Å². The van der Waals surface area contributed by atoms with Crippen molar-refractivity contribution >= 4 is 120 Å². The van der Waals surface area contributed by atoms with Gasteiger partial charge >= 0.3 is 5.97 Å². The number of aromatic nitrogens is 12. The molecule has 9 aromatic carbocycles. The Hall–Kier alpha value is -12.3. The third kappa shape index (κ3) is 18.7. The minimum absolute atomic E-state index is 0.153. The molecule has 22 heteroatoms. The first-order chi connectivity index (χ1) is 61.4. The van der Waals surface area contributed by atoms with Gasteiger partial charge in [0.15, 0.2) is 9.84 Å². The van der Waals surface area contributed by atoms with Crippen LogP contribution in [0.3, 0.4) is 0 Å². The van der Waals surface area contributed by atoms with Crippen molar-refractivity contribution in [1.29, 1.82) is 0 Å². The molecule has 21 rings (SSSR count). The number of hydrogen-bond donors (Lipinski definition) is 5. The van der Waals surface area contributed by atoms with E-state index in [4.69, 9.17) is 30.4 Å². The molecule has 0 amide bonds. The number of nitrogen functional groups attached to an aromatic ring is 1. The van der Waals surface area contributed by atoms with Gasteiger partial charge in [0.25, 0.3) is 0 Å². The number of imidazole rings is 4. The largest absolute Gasteiger partial charge is 0.459 e. The number of nitrogens with zero attached hydrogens (tertiary/aromatic N) is 8. The van der Waals surface area contributed by atoms with Crippen LogP contribution in [0.25, 0.3) is 98.5 Å². The second kappa shape index (κ2) is 36.6. The third-order valence-corrected chi connectivity index (χ3v) is 29.3. The zero-order valence-corrected chi connectivity index (χ0v) is 73.6. The Morgan fingerprint density at radius 1 is 0.354 bits per heavy atom. The number of hydrogen-bond acceptors (Lipinski definition) is 13. The van der Waals surface area contributed by atoms with E-state index < -0.39 is 9.84 Å². The SMILES string of the molecule is CC(C)OC(=O)c1ccc2nc(C(C)C3CCC(c4ccnc5ccc(F)cc45)CC3)[nH]c2c1.CC(c1nc2cc3ccccc3cc2[nH]1)C1CCC(c2ccnc3ccc(F)cc23)CC1.CC(c1nc2ccc(N)cc2[nH]1)C1CCC(c2ccnc3ccc(F)cc23)CC1.CC(c1nc2ccc(S(C)(=O)=O)cc2[nH]1)C1CCC(c2ccnc3ccc(F)cc23)CC1. The molecule has 6 N–H and O–H groups in total. The van der Waals surface area contributed by atoms with E-state index in [9.17, 15) is 30.8 Å². The molecule has 17 nitrogen and oxygen atoms in total. The topological polar surface area (TPSA) is 253 Å². The highest BCUT2D eigenvalue weighted by Crippen LogP contribution is 2.49. The number of H-pyrrole nitrogens is 4. The maximum absolute atomic E-state index is 13.9. The van der Waals surface area contributed by atoms with Crippen molar-refractivity contribution in [3.63, 3.8) is 0 Å². The number of nitrogens with one attached hydrogen (secondary N) is 4. The number of nitrogens with two attached hydrogens (primary N) is 1. The summed E-state index contributed by atoms with van der Waals surface area (Å²) in [6, 6.07) is 56.9. The Kier molecular flexibility index (Phi) is 24.6. The molecule has 4 unspecified atom stereocenters. The van der Waals surface area contributed by atoms with Gasteiger partial charge in [-0.05, 0) is 361 Å². The molecule has 0 bridgehead atoms. The smallest absolute Gasteiger partial charge is 0.338 e. The van der Waals surface area contributed by atoms with Crippen molar-refractivity contribution in [1.82, 2.24) is 59.8 Å². The lowest BCUT2D eigenvalue weighted by Crippen LogP contribution is -2.19. The van der Waals surface area contributed by atoms with Gasteiger partial charge in [-0.15, -0.1) is 0 Å². The summed E-state index contributed by atoms with van der Waals surface area (Å²) in [5.74, 6) is 8.11. The van der Waals surface area contributed by atoms with Crippen molar-refractivity contribution in [2.45, 2.75) is 203 Å². The van der Waals surface area contributed by atoms with Crippen LogP contribution in [0.4, 0.5) is 23.2 Å². The van der Waals surface area contributed by atoms with E-state index in [1.807, 2.05) is 75.0 Å². The molecule has 650 valence electrons. The van der Waals surface area contributed by atoms with Crippen molar-refractivity contribution in [3.8, 4) is 0 Å². The lowest BCUT2D eigenvalue weighted by molar-refractivity contribution is 0.0378. The van der Waals surface area contributed by atoms with Gasteiger partial charge in [0.05, 0.1) is 82.8 Å². The van der Waals surface area contributed by atoms with Crippen LogP contribution in [0, 0.1) is 46.9 Å². The van der Waals surface area contributed by atoms with Gasteiger partial charge < -0.3 is 30.4 Å². The van der Waals surface area contributed by atoms with Crippen LogP contribution in [0.1, 0.15) is 248 Å². The zero-order valence-electron chi connectivity index (χ0n) is 72.7. The lowest BCUT2D eigenvalue weighted by atomic mass is 9.73. The predicted molar refractivity (Wildman–Crippen MR) is 499 cm³/mol. The molecule has 0 saturated heterocycles. The first-order valence-electron chi connectivity index (χ1n) is 45.1. The average molecular weight is 1720 g/mol. The van der Waals surface area contributed by atoms with Gasteiger partial charge in [-0.1, -0.05) is 52.0 Å². The third-order valence-electron chi connectivity index (χ3n) is 28.2. The molecule has 0 radical (unpaired) electrons. The van der Waals surface area contributed by atoms with Crippen LogP contribution in [-0.2, 0) is 14.6 Å². The van der Waals surface area contributed by atoms with E-state index in [1.54, 1.807) is 72.8 Å². The number of aromatic amines is 4. The molecule has 4 fully saturated rings. The highest BCUT2D eigenvalue weighted by molar-refractivity contribution is 7.90. The highest BCUT2D eigenvalue weighted by Gasteiger charge is 2.35. The van der Waals surface area contributed by atoms with E-state index >= 15 is 0 Å². The molecule has 8 aromatic heterocycles. The molecular formula is C105H107F4N13O4S. The summed E-state index contributed by atoms with van der Waals surface area (Å²) in [5, 5.41) is 6.25. The Morgan fingerprint density at radius 2 is 0.661 bits per heavy atom. The van der Waals surface area contributed by atoms with E-state index in [0.29, 0.717) is 69.6 Å². The standard InChI is InChI=1S/C28H30FN3O2.C28H26FN3.C25H26FN3O2S.C24H25FN4/c1-16(2)34-28(33)20-8-10-25-26(14-20)32-27(31-25)17(3)18-4-6-19(7-5-18)22-12-13-30-24-11-9-21(29)15-23(22)24;1-17(28-31-26-14-20-4-2-3-5-21(20)15-27(26)32-28)18-6-8-19(9-7-18)23-12-13-30-25-11-10-22(29)16-24(23)25;1-15(25-28-23-10-8-19(32(2,30)31)14-24(23)29-25)16-3-5-17(6-4-16)20-11-12-27-22-9-7-18(26)13-21(20)22;1-14(24-28-22-9-7-18(26)13-23(22)29-24)15-2-4-16(5-3-15)19-10-11-27-21-8-6-17(25)12-20(19)21/h8-19H,4-7H2,1-3H3,(H,31,32);2-5,10-19H,6-9H2,1H3,(H,31,32);7-17H,3-6H2,1-2H3,(H,28,29);6-16H,2-5,26H2,1H3,(H,28,29). The zero-order chi connectivity index (χ0) is 87.9. The first kappa shape index (κ1) is 85.5. The van der Waals surface area contributed by atoms with Crippen LogP contribution >= 0.6 is 0 Å². The molecule has 127 heavy (non-hydrogen) atoms. The van der Waals surface area contributed by atoms with Gasteiger partial charge in [0.2, 0.25) is 0 Å². The number of esters is 1. The molecule has 8 heterocycles. The van der Waals surface area contributed by atoms with Gasteiger partial charge in [0, 0.05) is 81.9 Å². The van der Waals surface area contributed by atoms with Crippen LogP contribution in [0.2, 0.25) is 0 Å². The molecule has 4 aliphatic rings. The number of sulfone groups is 1. The number of rotatable bonds is 15. The number of carbonyl (C=O) groups is 1. The Labute approximate surface area is 736 Å². The number of halogens is 4. The van der Waals surface area contributed by atoms with Crippen LogP contribution < -0.4 is 5.73 Å². The van der Waals surface area contributed by atoms with Gasteiger partial charge in [-0.3, -0.25) is 19.9 Å². The van der Waals surface area contributed by atoms with Crippen molar-refractivity contribution in [3.05, 3.63) is 287 Å². The summed E-state index contributed by atoms with van der Waals surface area (Å²) in [6.07, 6.45) is 26.0. The first-order valence-corrected chi connectivity index (χ1v) is 47.0. The molecule has 0 aliphatic heterocycles. The quantitative estimate of drug-likeness (QED) is 0.0364. The number of pyridine rings is 4. The maximum atomic E-state index is 13.9. The Morgan fingerprint density at radius 3 is 1.02 bits per heavy atom. The fourth-order valence-electron chi connectivity index (χ4n) is 20.9. The molecule has 4 aliphatic carbocycles. The van der Waals surface area contributed by atoms with Gasteiger partial charge in [-0.25, -0.2) is 50.7 Å². The molecular weight excluding hydrogens is 1620 g/mol. The minimum Gasteiger partial charge on any atom is -0.459 e. The average Bonchev–Trinajstić information content (AvgIpc) is 1.76. The van der Waals surface area contributed by atoms with E-state index in [2.05, 4.69) is 122 Å². The van der Waals surface area contributed by atoms with E-state index in [1.165, 1.54) is 63.5 Å². The van der Waals surface area contributed by atoms with Crippen molar-refractivity contribution in [2.24, 2.45) is 23.7 Å². The monoisotopic (exact) mass is 1720 g/mol. The predicted octanol–water partition coefficient (Wildman–Crippen LogP) is 26.0. The van der Waals surface area contributed by atoms with Crippen LogP contribution in [-0.4, -0.2) is 86.6 Å². The van der Waals surface area contributed by atoms with Gasteiger partial charge in [-0.2, -0.15) is 0 Å². The molecule has 4 saturated carbocycles. The van der Waals surface area contributed by atoms with E-state index in [0.717, 1.165) is 219 Å². The summed E-state index contributed by atoms with van der Waals surface area (Å²) in [7, 11) is -3.25. The number of ether oxygens (including phenoxy) is 1. The fraction of sp³-hybridized carbons (Fsp3) is 0.343. The van der Waals surface area contributed by atoms with Crippen LogP contribution in [0.5, 0.6) is 0 Å².